The van der Waals surface area contributed by atoms with Crippen molar-refractivity contribution in [3.8, 4) is 5.69 Å². The highest BCUT2D eigenvalue weighted by Crippen LogP contribution is 2.15. The second-order valence-electron chi connectivity index (χ2n) is 4.16. The second-order valence-corrected chi connectivity index (χ2v) is 4.16. The molecule has 1 aromatic carbocycles. The molecule has 0 saturated carbocycles. The van der Waals surface area contributed by atoms with Crippen LogP contribution < -0.4 is 11.2 Å². The maximum atomic E-state index is 11.6. The van der Waals surface area contributed by atoms with Crippen LogP contribution in [0.3, 0.4) is 0 Å². The molecule has 0 unspecified atom stereocenters. The van der Waals surface area contributed by atoms with E-state index in [0.29, 0.717) is 5.56 Å². The first-order chi connectivity index (χ1) is 8.13. The van der Waals surface area contributed by atoms with Crippen LogP contribution in [0.2, 0.25) is 0 Å². The van der Waals surface area contributed by atoms with Crippen LogP contribution in [0.1, 0.15) is 16.8 Å². The molecule has 0 aliphatic heterocycles. The molecule has 0 atom stereocenters. The highest BCUT2D eigenvalue weighted by atomic mass is 16.1. The zero-order valence-corrected chi connectivity index (χ0v) is 10.1. The maximum Gasteiger partial charge on any atom is 0.186 e. The second kappa shape index (κ2) is 4.55. The quantitative estimate of drug-likeness (QED) is 0.853. The van der Waals surface area contributed by atoms with Crippen LogP contribution in [0.4, 0.5) is 0 Å². The van der Waals surface area contributed by atoms with Crippen LogP contribution in [0, 0.1) is 13.8 Å². The fraction of sp³-hybridized carbons (Fsp3) is 0.214. The van der Waals surface area contributed by atoms with Crippen molar-refractivity contribution in [2.24, 2.45) is 5.73 Å². The van der Waals surface area contributed by atoms with E-state index in [1.807, 2.05) is 35.9 Å². The highest BCUT2D eigenvalue weighted by molar-refractivity contribution is 5.42. The Morgan fingerprint density at radius 2 is 1.94 bits per heavy atom. The monoisotopic (exact) mass is 228 g/mol. The third-order valence-electron chi connectivity index (χ3n) is 2.92. The van der Waals surface area contributed by atoms with Gasteiger partial charge in [0.2, 0.25) is 0 Å². The van der Waals surface area contributed by atoms with Crippen molar-refractivity contribution in [2.45, 2.75) is 20.4 Å². The molecular formula is C14H16N2O. The molecule has 3 nitrogen and oxygen atoms in total. The maximum absolute atomic E-state index is 11.6. The van der Waals surface area contributed by atoms with Crippen LogP contribution >= 0.6 is 0 Å². The van der Waals surface area contributed by atoms with Gasteiger partial charge in [-0.05, 0) is 25.5 Å². The lowest BCUT2D eigenvalue weighted by molar-refractivity contribution is 0.916. The number of benzene rings is 1. The van der Waals surface area contributed by atoms with Gasteiger partial charge >= 0.3 is 0 Å². The smallest absolute Gasteiger partial charge is 0.186 e. The van der Waals surface area contributed by atoms with Gasteiger partial charge in [-0.25, -0.2) is 0 Å². The molecule has 0 saturated heterocycles. The van der Waals surface area contributed by atoms with E-state index in [1.54, 1.807) is 6.07 Å². The van der Waals surface area contributed by atoms with E-state index in [-0.39, 0.29) is 12.0 Å². The fourth-order valence-corrected chi connectivity index (χ4v) is 1.92. The molecule has 0 aliphatic carbocycles. The molecule has 2 rings (SSSR count). The summed E-state index contributed by atoms with van der Waals surface area (Å²) in [7, 11) is 0. The standard InChI is InChI=1S/C14H16N2O/c1-10-5-3-4-6-13(10)16-9-12(8-15)14(17)7-11(16)2/h3-7,9H,8,15H2,1-2H3. The predicted molar refractivity (Wildman–Crippen MR) is 69.4 cm³/mol. The van der Waals surface area contributed by atoms with Gasteiger partial charge in [0.05, 0.1) is 0 Å². The third-order valence-corrected chi connectivity index (χ3v) is 2.92. The van der Waals surface area contributed by atoms with Crippen molar-refractivity contribution in [1.82, 2.24) is 4.57 Å². The molecule has 0 spiro atoms. The highest BCUT2D eigenvalue weighted by Gasteiger charge is 2.05. The number of pyridine rings is 1. The lowest BCUT2D eigenvalue weighted by Gasteiger charge is -2.14. The van der Waals surface area contributed by atoms with E-state index in [4.69, 9.17) is 5.73 Å². The Bertz CT molecular complexity index is 599. The molecule has 1 heterocycles. The van der Waals surface area contributed by atoms with Gasteiger partial charge in [0.25, 0.3) is 0 Å². The van der Waals surface area contributed by atoms with E-state index in [1.165, 1.54) is 5.56 Å². The third kappa shape index (κ3) is 2.15. The van der Waals surface area contributed by atoms with E-state index < -0.39 is 0 Å². The number of para-hydroxylation sites is 1. The van der Waals surface area contributed by atoms with Gasteiger partial charge in [-0.2, -0.15) is 0 Å². The number of aromatic nitrogens is 1. The Balaban J connectivity index is 2.68. The first kappa shape index (κ1) is 11.6. The lowest BCUT2D eigenvalue weighted by atomic mass is 10.1. The zero-order valence-electron chi connectivity index (χ0n) is 10.1. The Kier molecular flexibility index (Phi) is 3.11. The van der Waals surface area contributed by atoms with Gasteiger partial charge in [0.15, 0.2) is 5.43 Å². The summed E-state index contributed by atoms with van der Waals surface area (Å²) < 4.78 is 2.01. The molecular weight excluding hydrogens is 212 g/mol. The molecule has 0 aliphatic rings. The van der Waals surface area contributed by atoms with Crippen LogP contribution in [-0.4, -0.2) is 4.57 Å². The molecule has 88 valence electrons. The van der Waals surface area contributed by atoms with Crippen molar-refractivity contribution >= 4 is 0 Å². The van der Waals surface area contributed by atoms with Crippen LogP contribution in [-0.2, 0) is 6.54 Å². The normalized spacial score (nSPS) is 10.5. The number of hydrogen-bond acceptors (Lipinski definition) is 2. The van der Waals surface area contributed by atoms with E-state index in [0.717, 1.165) is 11.4 Å². The number of rotatable bonds is 2. The molecule has 0 bridgehead atoms. The average molecular weight is 228 g/mol. The first-order valence-electron chi connectivity index (χ1n) is 5.61. The van der Waals surface area contributed by atoms with Gasteiger partial charge in [-0.1, -0.05) is 18.2 Å². The average Bonchev–Trinajstić information content (AvgIpc) is 2.31. The van der Waals surface area contributed by atoms with Gasteiger partial charge in [-0.15, -0.1) is 0 Å². The van der Waals surface area contributed by atoms with E-state index in [9.17, 15) is 4.79 Å². The summed E-state index contributed by atoms with van der Waals surface area (Å²) in [6.07, 6.45) is 1.83. The Morgan fingerprint density at radius 3 is 2.59 bits per heavy atom. The summed E-state index contributed by atoms with van der Waals surface area (Å²) in [4.78, 5) is 11.6. The van der Waals surface area contributed by atoms with E-state index >= 15 is 0 Å². The predicted octanol–water partition coefficient (Wildman–Crippen LogP) is 1.91. The summed E-state index contributed by atoms with van der Waals surface area (Å²) in [5.74, 6) is 0. The van der Waals surface area contributed by atoms with Crippen molar-refractivity contribution in [1.29, 1.82) is 0 Å². The molecule has 0 fully saturated rings. The van der Waals surface area contributed by atoms with Gasteiger partial charge in [0, 0.05) is 35.8 Å². The van der Waals surface area contributed by atoms with Gasteiger partial charge in [0.1, 0.15) is 0 Å². The molecule has 3 heteroatoms. The largest absolute Gasteiger partial charge is 0.326 e. The zero-order chi connectivity index (χ0) is 12.4. The Morgan fingerprint density at radius 1 is 1.24 bits per heavy atom. The minimum absolute atomic E-state index is 0.00911. The molecule has 1 aromatic heterocycles. The topological polar surface area (TPSA) is 48.0 Å². The summed E-state index contributed by atoms with van der Waals surface area (Å²) in [6, 6.07) is 9.71. The fourth-order valence-electron chi connectivity index (χ4n) is 1.92. The summed E-state index contributed by atoms with van der Waals surface area (Å²) >= 11 is 0. The molecule has 2 N–H and O–H groups in total. The van der Waals surface area contributed by atoms with Crippen molar-refractivity contribution in [3.63, 3.8) is 0 Å². The number of hydrogen-bond donors (Lipinski definition) is 1. The van der Waals surface area contributed by atoms with Crippen LogP contribution in [0.5, 0.6) is 0 Å². The first-order valence-corrected chi connectivity index (χ1v) is 5.61. The summed E-state index contributed by atoms with van der Waals surface area (Å²) in [5, 5.41) is 0. The summed E-state index contributed by atoms with van der Waals surface area (Å²) in [5.41, 5.74) is 9.39. The Labute approximate surface area is 101 Å². The molecule has 0 radical (unpaired) electrons. The van der Waals surface area contributed by atoms with Crippen LogP contribution in [0.15, 0.2) is 41.3 Å². The SMILES string of the molecule is Cc1ccccc1-n1cc(CN)c(=O)cc1C. The summed E-state index contributed by atoms with van der Waals surface area (Å²) in [6.45, 7) is 4.24. The van der Waals surface area contributed by atoms with Gasteiger partial charge < -0.3 is 10.3 Å². The van der Waals surface area contributed by atoms with Gasteiger partial charge in [-0.3, -0.25) is 4.79 Å². The number of nitrogens with zero attached hydrogens (tertiary/aromatic N) is 1. The van der Waals surface area contributed by atoms with Crippen LogP contribution in [0.25, 0.3) is 5.69 Å². The molecule has 0 amide bonds. The minimum Gasteiger partial charge on any atom is -0.326 e. The van der Waals surface area contributed by atoms with Crippen molar-refractivity contribution in [3.05, 3.63) is 63.6 Å². The Hall–Kier alpha value is -1.87. The molecule has 2 aromatic rings. The minimum atomic E-state index is 0.00911. The van der Waals surface area contributed by atoms with Crippen molar-refractivity contribution < 1.29 is 0 Å². The number of nitrogens with two attached hydrogens (primary N) is 1. The molecule has 17 heavy (non-hydrogen) atoms. The number of aryl methyl sites for hydroxylation is 2. The van der Waals surface area contributed by atoms with E-state index in [2.05, 4.69) is 13.0 Å². The lowest BCUT2D eigenvalue weighted by Crippen LogP contribution is -2.17. The van der Waals surface area contributed by atoms with Crippen molar-refractivity contribution in [2.75, 3.05) is 0 Å².